The Labute approximate surface area is 730 Å². The van der Waals surface area contributed by atoms with Crippen molar-refractivity contribution in [1.82, 2.24) is 0 Å². The molecule has 1 aliphatic rings. The molecule has 4 nitrogen and oxygen atoms in total. The van der Waals surface area contributed by atoms with Gasteiger partial charge in [0.1, 0.15) is 0 Å². The van der Waals surface area contributed by atoms with E-state index in [0.717, 1.165) is 56.4 Å². The van der Waals surface area contributed by atoms with Gasteiger partial charge in [-0.05, 0) is 149 Å². The zero-order chi connectivity index (χ0) is 83.3. The van der Waals surface area contributed by atoms with E-state index < -0.39 is 54.4 Å². The van der Waals surface area contributed by atoms with Crippen molar-refractivity contribution in [3.05, 3.63) is 323 Å². The number of hydrogen-bond donors (Lipinski definition) is 0. The van der Waals surface area contributed by atoms with Crippen LogP contribution in [0.15, 0.2) is 237 Å². The number of Topliss-reactive ketones (excluding diaryl/α,β-unsaturated/α-hetero) is 1. The molecule has 0 aromatic heterocycles. The molecule has 1 fully saturated rings. The van der Waals surface area contributed by atoms with Crippen molar-refractivity contribution in [3.8, 4) is 0 Å². The first-order chi connectivity index (χ1) is 52.0. The molecule has 0 radical (unpaired) electrons. The van der Waals surface area contributed by atoms with E-state index in [-0.39, 0.29) is 97.2 Å². The summed E-state index contributed by atoms with van der Waals surface area (Å²) >= 11 is 0. The Morgan fingerprint density at radius 2 is 0.861 bits per heavy atom. The molecule has 0 N–H and O–H groups in total. The van der Waals surface area contributed by atoms with E-state index in [9.17, 15) is 35.9 Å². The summed E-state index contributed by atoms with van der Waals surface area (Å²) in [7, 11) is 0. The van der Waals surface area contributed by atoms with Crippen LogP contribution in [0.1, 0.15) is 295 Å². The van der Waals surface area contributed by atoms with E-state index in [1.165, 1.54) is 87.7 Å². The predicted molar refractivity (Wildman–Crippen MR) is 465 cm³/mol. The zero-order valence-corrected chi connectivity index (χ0v) is 73.7. The third-order valence-electron chi connectivity index (χ3n) is 19.6. The molecule has 1 saturated heterocycles. The number of halogens is 6. The molecule has 0 saturated carbocycles. The second kappa shape index (κ2) is 53.8. The van der Waals surface area contributed by atoms with Crippen LogP contribution in [-0.4, -0.2) is 43.9 Å². The summed E-state index contributed by atoms with van der Waals surface area (Å²) in [5.74, 6) is 0.736. The number of carbonyl (C=O) groups excluding carboxylic acids is 2. The van der Waals surface area contributed by atoms with E-state index in [4.69, 9.17) is 9.47 Å². The van der Waals surface area contributed by atoms with E-state index >= 15 is 0 Å². The maximum absolute atomic E-state index is 13.1. The Morgan fingerprint density at radius 3 is 1.16 bits per heavy atom. The number of esters is 1. The summed E-state index contributed by atoms with van der Waals surface area (Å²) in [5, 5.41) is 0. The van der Waals surface area contributed by atoms with E-state index in [0.29, 0.717) is 18.8 Å². The minimum absolute atomic E-state index is 0. The van der Waals surface area contributed by atoms with Gasteiger partial charge in [0.2, 0.25) is 0 Å². The molecule has 1 aliphatic heterocycles. The van der Waals surface area contributed by atoms with Crippen molar-refractivity contribution >= 4 is 17.8 Å². The molecule has 2 atom stereocenters. The summed E-state index contributed by atoms with van der Waals surface area (Å²) < 4.78 is 82.9. The molecular weight excluding hydrogens is 1420 g/mol. The van der Waals surface area contributed by atoms with Gasteiger partial charge in [0.25, 0.3) is 0 Å². The van der Waals surface area contributed by atoms with Crippen LogP contribution in [0.2, 0.25) is 0 Å². The minimum Gasteiger partial charge on any atom is -0.456 e. The van der Waals surface area contributed by atoms with Gasteiger partial charge >= 0.3 is 74.9 Å². The summed E-state index contributed by atoms with van der Waals surface area (Å²) in [6.45, 7) is 51.3. The summed E-state index contributed by atoms with van der Waals surface area (Å²) in [5.41, 5.74) is 14.4. The van der Waals surface area contributed by atoms with Crippen LogP contribution in [0.4, 0.5) is 26.3 Å². The van der Waals surface area contributed by atoms with Gasteiger partial charge < -0.3 is 16.4 Å². The van der Waals surface area contributed by atoms with Crippen LogP contribution < -0.4 is 56.6 Å². The monoisotopic (exact) mass is 1560 g/mol. The zero-order valence-electron chi connectivity index (χ0n) is 73.7. The van der Waals surface area contributed by atoms with Gasteiger partial charge in [-0.3, -0.25) is 9.59 Å². The molecule has 115 heavy (non-hydrogen) atoms. The van der Waals surface area contributed by atoms with Crippen LogP contribution in [0, 0.1) is 24.7 Å². The van der Waals surface area contributed by atoms with Crippen molar-refractivity contribution in [2.75, 3.05) is 19.8 Å². The molecule has 2 unspecified atom stereocenters. The fraction of sp³-hybridized carbons (Fsp3) is 0.441. The minimum atomic E-state index is -4.58. The molecule has 0 bridgehead atoms. The van der Waals surface area contributed by atoms with Gasteiger partial charge in [-0.25, -0.2) is 0 Å². The molecular formula is C102H137F6Li3O4. The van der Waals surface area contributed by atoms with Gasteiger partial charge in [0.05, 0.1) is 11.8 Å². The molecule has 8 aromatic rings. The van der Waals surface area contributed by atoms with Crippen LogP contribution >= 0.6 is 0 Å². The van der Waals surface area contributed by atoms with Crippen molar-refractivity contribution in [2.45, 2.75) is 267 Å². The molecule has 8 aromatic carbocycles. The molecule has 0 amide bonds. The average molecular weight is 1560 g/mol. The number of allylic oxidation sites excluding steroid dienone is 1. The largest absolute Gasteiger partial charge is 1.00 e. The fourth-order valence-corrected chi connectivity index (χ4v) is 12.7. The number of ketones is 1. The normalized spacial score (nSPS) is 12.4. The number of rotatable bonds is 23. The second-order valence-corrected chi connectivity index (χ2v) is 33.7. The molecule has 1 heterocycles. The first-order valence-corrected chi connectivity index (χ1v) is 39.8. The Bertz CT molecular complexity index is 3790. The molecule has 9 rings (SSSR count). The quantitative estimate of drug-likeness (QED) is 0.0211. The number of unbranched alkanes of at least 4 members (excludes halogenated alkanes) is 1. The number of alkyl halides is 6. The Balaban J connectivity index is 0. The average Bonchev–Trinajstić information content (AvgIpc) is 1.17. The van der Waals surface area contributed by atoms with Gasteiger partial charge in [0.15, 0.2) is 12.4 Å². The standard InChI is InChI=1S/C34H41F3O2.C27H31.C13H19.C12H16.C7H9F3O.C4H8O.C4H9.CH4.3Li/c1-7-25(26-18-20-27(21-19-26)31(2,3)4)22-33(28-14-10-8-11-15-28,29-16-12-9-13-17-29)23-32(5,6)30(38)39-24-34(35,36)37;1-5-21(22-16-18-25(19-17-22)27(2,3)4)20-26(23-12-8-6-9-13-23)24-14-10-7-11-15-24;1-5-6-11-7-9-12(10-8-11)13(2,3)4;1-5-10-6-8-11(9-7-10)12(2,3)4;1-5(2)6(11)3-4-7(8,9)10;1-2-4-5-3-1;1-3-4-2;;;;/h8-21,25H,7,22-24H2,1-6H3;6-19,21H,5,20H2,1-4H3;6-10H,5H2,1-4H3;5-9H,1H2,2-4H3;1,3-4H2,2H3;1-4H2;1,3-4H2,2H3;1H4;;;/q;2*-1;;;;-1;;3*+1. The molecule has 0 aliphatic carbocycles. The van der Waals surface area contributed by atoms with Crippen molar-refractivity contribution in [3.63, 3.8) is 0 Å². The summed E-state index contributed by atoms with van der Waals surface area (Å²) in [4.78, 5) is 23.7. The van der Waals surface area contributed by atoms with Gasteiger partial charge in [0, 0.05) is 25.0 Å². The molecule has 13 heteroatoms. The van der Waals surface area contributed by atoms with E-state index in [1.54, 1.807) is 13.8 Å². The van der Waals surface area contributed by atoms with Gasteiger partial charge in [-0.2, -0.15) is 56.9 Å². The maximum atomic E-state index is 13.1. The van der Waals surface area contributed by atoms with Crippen molar-refractivity contribution in [2.24, 2.45) is 5.41 Å². The third kappa shape index (κ3) is 41.6. The first-order valence-electron chi connectivity index (χ1n) is 39.8. The van der Waals surface area contributed by atoms with Gasteiger partial charge in [-0.15, -0.1) is 53.4 Å². The van der Waals surface area contributed by atoms with Crippen LogP contribution in [-0.2, 0) is 46.1 Å². The number of benzene rings is 8. The van der Waals surface area contributed by atoms with Crippen LogP contribution in [0.3, 0.4) is 0 Å². The van der Waals surface area contributed by atoms with E-state index in [2.05, 4.69) is 319 Å². The van der Waals surface area contributed by atoms with Crippen molar-refractivity contribution in [1.29, 1.82) is 0 Å². The molecule has 0 spiro atoms. The summed E-state index contributed by atoms with van der Waals surface area (Å²) in [6, 6.07) is 77.1. The predicted octanol–water partition coefficient (Wildman–Crippen LogP) is 21.0. The van der Waals surface area contributed by atoms with Gasteiger partial charge in [-0.1, -0.05) is 326 Å². The summed E-state index contributed by atoms with van der Waals surface area (Å²) in [6.07, 6.45) is 3.72. The Kier molecular flexibility index (Phi) is 51.7. The maximum Gasteiger partial charge on any atom is 1.00 e. The second-order valence-electron chi connectivity index (χ2n) is 33.7. The van der Waals surface area contributed by atoms with E-state index in [1.807, 2.05) is 42.5 Å². The SMILES string of the molecule is C.C1CCOC1.C=C(C)C(=O)CCC(F)(F)F.C=Cc1ccc(C(C)(C)C)cc1.CCC(CC(CC(C)(C)C(=O)OCC(F)(F)F)(c1ccccc1)c1ccccc1)c1ccc(C(C)(C)C)cc1.CCC(C[C-](c1ccccc1)c1ccccc1)c1ccc(C(C)(C)C)cc1.CC[CH-]c1ccc(C(C)(C)C)cc1.[CH2-]CCC.[Li+].[Li+].[Li+]. The number of ether oxygens (including phenoxy) is 2. The Hall–Kier alpha value is -6.55. The van der Waals surface area contributed by atoms with Crippen LogP contribution in [0.5, 0.6) is 0 Å². The first kappa shape index (κ1) is 110. The number of carbonyl (C=O) groups is 2. The van der Waals surface area contributed by atoms with Crippen molar-refractivity contribution < 1.29 is 102 Å². The topological polar surface area (TPSA) is 52.6 Å². The number of hydrogen-bond acceptors (Lipinski definition) is 4. The Morgan fingerprint density at radius 1 is 0.513 bits per heavy atom. The molecule has 614 valence electrons. The third-order valence-corrected chi connectivity index (χ3v) is 19.6. The fourth-order valence-electron chi connectivity index (χ4n) is 12.7. The smallest absolute Gasteiger partial charge is 0.456 e. The van der Waals surface area contributed by atoms with Crippen LogP contribution in [0.25, 0.3) is 6.08 Å².